The molecule has 2 aromatic carbocycles. The quantitative estimate of drug-likeness (QED) is 0.861. The molecule has 0 aromatic heterocycles. The van der Waals surface area contributed by atoms with Crippen LogP contribution < -0.4 is 10.1 Å². The summed E-state index contributed by atoms with van der Waals surface area (Å²) < 4.78 is 11.0. The summed E-state index contributed by atoms with van der Waals surface area (Å²) in [6.45, 7) is 2.39. The Morgan fingerprint density at radius 2 is 2.08 bits per heavy atom. The Bertz CT molecular complexity index is 867. The molecule has 2 aliphatic heterocycles. The van der Waals surface area contributed by atoms with Gasteiger partial charge in [-0.15, -0.1) is 0 Å². The monoisotopic (exact) mass is 352 g/mol. The van der Waals surface area contributed by atoms with Crippen molar-refractivity contribution in [1.82, 2.24) is 10.2 Å². The summed E-state index contributed by atoms with van der Waals surface area (Å²) >= 11 is 0. The van der Waals surface area contributed by atoms with Crippen molar-refractivity contribution in [1.29, 1.82) is 0 Å². The lowest BCUT2D eigenvalue weighted by molar-refractivity contribution is -0.0879. The van der Waals surface area contributed by atoms with E-state index >= 15 is 0 Å². The van der Waals surface area contributed by atoms with Crippen molar-refractivity contribution in [2.75, 3.05) is 7.11 Å². The molecular formula is C20H20N2O4. The second-order valence-corrected chi connectivity index (χ2v) is 6.80. The molecule has 0 unspecified atom stereocenters. The van der Waals surface area contributed by atoms with E-state index in [1.165, 1.54) is 7.11 Å². The molecule has 1 fully saturated rings. The highest BCUT2D eigenvalue weighted by Crippen LogP contribution is 2.44. The molecule has 2 aliphatic rings. The topological polar surface area (TPSA) is 67.9 Å². The molecule has 0 radical (unpaired) electrons. The fourth-order valence-corrected chi connectivity index (χ4v) is 3.67. The summed E-state index contributed by atoms with van der Waals surface area (Å²) in [5, 5.41) is 3.04. The zero-order valence-electron chi connectivity index (χ0n) is 14.7. The Morgan fingerprint density at radius 3 is 2.81 bits per heavy atom. The van der Waals surface area contributed by atoms with Gasteiger partial charge in [0.25, 0.3) is 0 Å². The molecule has 0 aliphatic carbocycles. The van der Waals surface area contributed by atoms with Crippen molar-refractivity contribution in [2.45, 2.75) is 31.7 Å². The lowest BCUT2D eigenvalue weighted by atomic mass is 9.89. The third-order valence-corrected chi connectivity index (χ3v) is 5.02. The van der Waals surface area contributed by atoms with Crippen LogP contribution in [0.2, 0.25) is 0 Å². The van der Waals surface area contributed by atoms with E-state index in [1.807, 2.05) is 37.3 Å². The van der Waals surface area contributed by atoms with E-state index in [-0.39, 0.29) is 12.1 Å². The van der Waals surface area contributed by atoms with Crippen LogP contribution in [0, 0.1) is 0 Å². The van der Waals surface area contributed by atoms with Gasteiger partial charge in [0.2, 0.25) is 0 Å². The van der Waals surface area contributed by atoms with Gasteiger partial charge in [0.15, 0.2) is 5.72 Å². The standard InChI is InChI=1S/C20H20N2O4/c1-20-11-16(15-10-14(18(23)25-2)8-9-17(15)26-20)21-19(24)22(20)12-13-6-4-3-5-7-13/h3-10,16H,11-12H2,1-2H3,(H,21,24)/t16-,20+/m1/s1. The second-order valence-electron chi connectivity index (χ2n) is 6.80. The number of carbonyl (C=O) groups excluding carboxylic acids is 2. The van der Waals surface area contributed by atoms with Crippen LogP contribution in [0.1, 0.15) is 40.9 Å². The number of rotatable bonds is 3. The number of fused-ring (bicyclic) bond motifs is 4. The first-order chi connectivity index (χ1) is 12.5. The average molecular weight is 352 g/mol. The van der Waals surface area contributed by atoms with Gasteiger partial charge in [-0.25, -0.2) is 9.59 Å². The van der Waals surface area contributed by atoms with E-state index in [1.54, 1.807) is 23.1 Å². The summed E-state index contributed by atoms with van der Waals surface area (Å²) in [4.78, 5) is 26.3. The molecule has 0 saturated carbocycles. The number of hydrogen-bond donors (Lipinski definition) is 1. The summed E-state index contributed by atoms with van der Waals surface area (Å²) in [5.74, 6) is 0.267. The van der Waals surface area contributed by atoms with Crippen molar-refractivity contribution in [3.8, 4) is 5.75 Å². The Balaban J connectivity index is 1.67. The van der Waals surface area contributed by atoms with Crippen LogP contribution in [-0.2, 0) is 11.3 Å². The first kappa shape index (κ1) is 16.4. The number of amides is 2. The summed E-state index contributed by atoms with van der Waals surface area (Å²) in [7, 11) is 1.35. The SMILES string of the molecule is COC(=O)c1ccc2c(c1)[C@H]1C[C@](C)(O2)N(Cc2ccccc2)C(=O)N1. The highest BCUT2D eigenvalue weighted by molar-refractivity contribution is 5.90. The zero-order chi connectivity index (χ0) is 18.3. The van der Waals surface area contributed by atoms with E-state index < -0.39 is 11.7 Å². The van der Waals surface area contributed by atoms with E-state index in [9.17, 15) is 9.59 Å². The van der Waals surface area contributed by atoms with Crippen LogP contribution in [-0.4, -0.2) is 29.7 Å². The van der Waals surface area contributed by atoms with Crippen LogP contribution in [0.15, 0.2) is 48.5 Å². The maximum atomic E-state index is 12.7. The largest absolute Gasteiger partial charge is 0.468 e. The Kier molecular flexibility index (Phi) is 3.83. The third-order valence-electron chi connectivity index (χ3n) is 5.02. The molecule has 6 nitrogen and oxygen atoms in total. The van der Waals surface area contributed by atoms with Gasteiger partial charge in [-0.2, -0.15) is 0 Å². The van der Waals surface area contributed by atoms with Crippen LogP contribution >= 0.6 is 0 Å². The number of nitrogens with one attached hydrogen (secondary N) is 1. The van der Waals surface area contributed by atoms with E-state index in [4.69, 9.17) is 9.47 Å². The van der Waals surface area contributed by atoms with E-state index in [0.29, 0.717) is 24.3 Å². The molecule has 2 aromatic rings. The zero-order valence-corrected chi connectivity index (χ0v) is 14.7. The maximum absolute atomic E-state index is 12.7. The molecule has 6 heteroatoms. The van der Waals surface area contributed by atoms with E-state index in [2.05, 4.69) is 5.32 Å². The number of urea groups is 1. The first-order valence-electron chi connectivity index (χ1n) is 8.53. The van der Waals surface area contributed by atoms with Gasteiger partial charge >= 0.3 is 12.0 Å². The van der Waals surface area contributed by atoms with Crippen LogP contribution in [0.25, 0.3) is 0 Å². The normalized spacial score (nSPS) is 23.5. The molecule has 1 saturated heterocycles. The summed E-state index contributed by atoms with van der Waals surface area (Å²) in [6, 6.07) is 14.6. The van der Waals surface area contributed by atoms with Crippen molar-refractivity contribution in [3.63, 3.8) is 0 Å². The van der Waals surface area contributed by atoms with Crippen LogP contribution in [0.4, 0.5) is 4.79 Å². The fourth-order valence-electron chi connectivity index (χ4n) is 3.67. The molecular weight excluding hydrogens is 332 g/mol. The predicted molar refractivity (Wildman–Crippen MR) is 94.7 cm³/mol. The highest BCUT2D eigenvalue weighted by Gasteiger charge is 2.49. The van der Waals surface area contributed by atoms with Gasteiger partial charge in [-0.3, -0.25) is 4.90 Å². The fraction of sp³-hybridized carbons (Fsp3) is 0.300. The lowest BCUT2D eigenvalue weighted by Crippen LogP contribution is -2.64. The smallest absolute Gasteiger partial charge is 0.337 e. The number of methoxy groups -OCH3 is 1. The predicted octanol–water partition coefficient (Wildman–Crippen LogP) is 3.24. The first-order valence-corrected chi connectivity index (χ1v) is 8.53. The molecule has 26 heavy (non-hydrogen) atoms. The minimum absolute atomic E-state index is 0.179. The molecule has 2 heterocycles. The summed E-state index contributed by atoms with van der Waals surface area (Å²) in [5.41, 5.74) is 1.54. The molecule has 0 spiro atoms. The van der Waals surface area contributed by atoms with Gasteiger partial charge in [-0.05, 0) is 30.7 Å². The van der Waals surface area contributed by atoms with Crippen molar-refractivity contribution >= 4 is 12.0 Å². The minimum atomic E-state index is -0.747. The van der Waals surface area contributed by atoms with Crippen LogP contribution in [0.3, 0.4) is 0 Å². The van der Waals surface area contributed by atoms with Gasteiger partial charge in [0, 0.05) is 12.0 Å². The number of esters is 1. The number of hydrogen-bond acceptors (Lipinski definition) is 4. The van der Waals surface area contributed by atoms with Gasteiger partial charge in [-0.1, -0.05) is 30.3 Å². The lowest BCUT2D eigenvalue weighted by Gasteiger charge is -2.50. The summed E-state index contributed by atoms with van der Waals surface area (Å²) in [6.07, 6.45) is 0.600. The molecule has 2 atom stereocenters. The van der Waals surface area contributed by atoms with Gasteiger partial charge < -0.3 is 14.8 Å². The Labute approximate surface area is 151 Å². The second kappa shape index (κ2) is 6.05. The molecule has 2 bridgehead atoms. The van der Waals surface area contributed by atoms with Crippen molar-refractivity contribution < 1.29 is 19.1 Å². The Morgan fingerprint density at radius 1 is 1.31 bits per heavy atom. The third kappa shape index (κ3) is 2.67. The average Bonchev–Trinajstić information content (AvgIpc) is 2.65. The van der Waals surface area contributed by atoms with Crippen molar-refractivity contribution in [2.24, 2.45) is 0 Å². The molecule has 2 amide bonds. The maximum Gasteiger partial charge on any atom is 0.337 e. The molecule has 4 rings (SSSR count). The molecule has 1 N–H and O–H groups in total. The van der Waals surface area contributed by atoms with Crippen LogP contribution in [0.5, 0.6) is 5.75 Å². The van der Waals surface area contributed by atoms with Gasteiger partial charge in [0.05, 0.1) is 25.3 Å². The van der Waals surface area contributed by atoms with Crippen molar-refractivity contribution in [3.05, 3.63) is 65.2 Å². The number of nitrogens with zero attached hydrogens (tertiary/aromatic N) is 1. The molecule has 134 valence electrons. The number of carbonyl (C=O) groups is 2. The number of benzene rings is 2. The number of ether oxygens (including phenoxy) is 2. The van der Waals surface area contributed by atoms with E-state index in [0.717, 1.165) is 11.1 Å². The highest BCUT2D eigenvalue weighted by atomic mass is 16.5. The minimum Gasteiger partial charge on any atom is -0.468 e. The Hall–Kier alpha value is -3.02. The van der Waals surface area contributed by atoms with Gasteiger partial charge in [0.1, 0.15) is 5.75 Å².